The molecule has 0 aliphatic carbocycles. The van der Waals surface area contributed by atoms with Gasteiger partial charge in [0.1, 0.15) is 0 Å². The minimum Gasteiger partial charge on any atom is -0.493 e. The van der Waals surface area contributed by atoms with Gasteiger partial charge in [-0.15, -0.1) is 0 Å². The number of aliphatic hydroxyl groups is 1. The second-order valence-electron chi connectivity index (χ2n) is 4.60. The van der Waals surface area contributed by atoms with Gasteiger partial charge in [-0.3, -0.25) is 4.79 Å². The number of aliphatic hydroxyl groups excluding tert-OH is 1. The Morgan fingerprint density at radius 1 is 1.27 bits per heavy atom. The normalized spacial score (nSPS) is 12.5. The maximum absolute atomic E-state index is 11.2. The number of ether oxygens (including phenoxy) is 2. The number of amides is 1. The maximum atomic E-state index is 11.2. The van der Waals surface area contributed by atoms with Crippen LogP contribution < -0.4 is 14.8 Å². The smallest absolute Gasteiger partial charge is 0.243 e. The molecule has 1 rings (SSSR count). The molecule has 1 amide bonds. The van der Waals surface area contributed by atoms with E-state index in [1.54, 1.807) is 38.5 Å². The first-order valence-corrected chi connectivity index (χ1v) is 7.12. The van der Waals surface area contributed by atoms with E-state index in [2.05, 4.69) is 5.32 Å². The van der Waals surface area contributed by atoms with E-state index in [0.29, 0.717) is 24.5 Å². The van der Waals surface area contributed by atoms with E-state index in [1.165, 1.54) is 6.08 Å². The summed E-state index contributed by atoms with van der Waals surface area (Å²) >= 11 is 0. The van der Waals surface area contributed by atoms with Crippen LogP contribution in [0.25, 0.3) is 0 Å². The maximum Gasteiger partial charge on any atom is 0.243 e. The van der Waals surface area contributed by atoms with Crippen molar-refractivity contribution in [2.24, 2.45) is 0 Å². The van der Waals surface area contributed by atoms with Crippen molar-refractivity contribution in [1.82, 2.24) is 5.32 Å². The number of likely N-dealkylation sites (N-methyl/N-ethyl adjacent to an activating group) is 1. The van der Waals surface area contributed by atoms with Crippen LogP contribution in [-0.4, -0.2) is 37.9 Å². The van der Waals surface area contributed by atoms with Gasteiger partial charge in [-0.05, 0) is 24.6 Å². The molecule has 0 aliphatic rings. The summed E-state index contributed by atoms with van der Waals surface area (Å²) in [5.74, 6) is 1.13. The summed E-state index contributed by atoms with van der Waals surface area (Å²) in [6.07, 6.45) is 6.11. The van der Waals surface area contributed by atoms with Crippen LogP contribution >= 0.6 is 0 Å². The largest absolute Gasteiger partial charge is 0.493 e. The van der Waals surface area contributed by atoms with Crippen molar-refractivity contribution in [2.75, 3.05) is 20.8 Å². The zero-order valence-corrected chi connectivity index (χ0v) is 13.2. The molecule has 0 radical (unpaired) electrons. The van der Waals surface area contributed by atoms with Gasteiger partial charge in [0.25, 0.3) is 0 Å². The highest BCUT2D eigenvalue weighted by Crippen LogP contribution is 2.27. The van der Waals surface area contributed by atoms with E-state index < -0.39 is 6.10 Å². The lowest BCUT2D eigenvalue weighted by atomic mass is 10.1. The van der Waals surface area contributed by atoms with Gasteiger partial charge in [0.05, 0.1) is 20.3 Å². The Morgan fingerprint density at radius 2 is 2.00 bits per heavy atom. The minimum absolute atomic E-state index is 0.151. The standard InChI is InChI=1S/C17H23NO4/c1-4-18-17(20)8-6-5-7-14(19)11-13-9-10-15(21-2)16(12-13)22-3/h5-10,12,14,19H,4,11H2,1-3H3,(H,18,20). The highest BCUT2D eigenvalue weighted by molar-refractivity contribution is 5.87. The molecule has 1 aromatic rings. The molecule has 0 spiro atoms. The van der Waals surface area contributed by atoms with Gasteiger partial charge in [0.15, 0.2) is 11.5 Å². The number of carbonyl (C=O) groups is 1. The fraction of sp³-hybridized carbons (Fsp3) is 0.353. The number of rotatable bonds is 8. The number of hydrogen-bond acceptors (Lipinski definition) is 4. The summed E-state index contributed by atoms with van der Waals surface area (Å²) in [6.45, 7) is 2.45. The molecule has 5 heteroatoms. The van der Waals surface area contributed by atoms with E-state index in [1.807, 2.05) is 19.1 Å². The molecule has 0 bridgehead atoms. The SMILES string of the molecule is CCNC(=O)C=CC=CC(O)Cc1ccc(OC)c(OC)c1. The van der Waals surface area contributed by atoms with E-state index in [9.17, 15) is 9.90 Å². The van der Waals surface area contributed by atoms with Gasteiger partial charge < -0.3 is 19.9 Å². The lowest BCUT2D eigenvalue weighted by Crippen LogP contribution is -2.19. The highest BCUT2D eigenvalue weighted by Gasteiger charge is 2.07. The number of carbonyl (C=O) groups excluding carboxylic acids is 1. The molecule has 22 heavy (non-hydrogen) atoms. The molecule has 0 aromatic heterocycles. The van der Waals surface area contributed by atoms with Crippen LogP contribution in [-0.2, 0) is 11.2 Å². The van der Waals surface area contributed by atoms with E-state index in [-0.39, 0.29) is 5.91 Å². The lowest BCUT2D eigenvalue weighted by molar-refractivity contribution is -0.116. The number of benzene rings is 1. The molecule has 1 aromatic carbocycles. The molecule has 0 saturated carbocycles. The Bertz CT molecular complexity index is 537. The molecule has 120 valence electrons. The molecule has 1 atom stereocenters. The average molecular weight is 305 g/mol. The summed E-state index contributed by atoms with van der Waals surface area (Å²) in [7, 11) is 3.15. The van der Waals surface area contributed by atoms with Crippen LogP contribution in [0.15, 0.2) is 42.5 Å². The monoisotopic (exact) mass is 305 g/mol. The summed E-state index contributed by atoms with van der Waals surface area (Å²) < 4.78 is 10.4. The molecule has 0 fully saturated rings. The Morgan fingerprint density at radius 3 is 2.64 bits per heavy atom. The van der Waals surface area contributed by atoms with Crippen LogP contribution in [0.4, 0.5) is 0 Å². The van der Waals surface area contributed by atoms with Crippen molar-refractivity contribution in [3.8, 4) is 11.5 Å². The lowest BCUT2D eigenvalue weighted by Gasteiger charge is -2.10. The van der Waals surface area contributed by atoms with Crippen LogP contribution in [0, 0.1) is 0 Å². The summed E-state index contributed by atoms with van der Waals surface area (Å²) in [6, 6.07) is 5.52. The number of hydrogen-bond donors (Lipinski definition) is 2. The van der Waals surface area contributed by atoms with Crippen LogP contribution in [0.5, 0.6) is 11.5 Å². The zero-order valence-electron chi connectivity index (χ0n) is 13.2. The number of allylic oxidation sites excluding steroid dienone is 2. The van der Waals surface area contributed by atoms with Gasteiger partial charge in [-0.1, -0.05) is 24.3 Å². The molecular formula is C17H23NO4. The highest BCUT2D eigenvalue weighted by atomic mass is 16.5. The Balaban J connectivity index is 2.58. The first kappa shape index (κ1) is 17.8. The molecule has 0 saturated heterocycles. The third-order valence-electron chi connectivity index (χ3n) is 2.94. The second kappa shape index (κ2) is 9.63. The van der Waals surface area contributed by atoms with Crippen molar-refractivity contribution in [3.63, 3.8) is 0 Å². The third-order valence-corrected chi connectivity index (χ3v) is 2.94. The quantitative estimate of drug-likeness (QED) is 0.568. The van der Waals surface area contributed by atoms with Gasteiger partial charge >= 0.3 is 0 Å². The number of nitrogens with one attached hydrogen (secondary N) is 1. The molecule has 0 heterocycles. The first-order valence-electron chi connectivity index (χ1n) is 7.12. The van der Waals surface area contributed by atoms with E-state index in [0.717, 1.165) is 5.56 Å². The molecule has 0 aliphatic heterocycles. The van der Waals surface area contributed by atoms with Gasteiger partial charge in [0, 0.05) is 19.0 Å². The zero-order chi connectivity index (χ0) is 16.4. The second-order valence-corrected chi connectivity index (χ2v) is 4.60. The van der Waals surface area contributed by atoms with Crippen molar-refractivity contribution in [3.05, 3.63) is 48.1 Å². The molecule has 2 N–H and O–H groups in total. The molecule has 5 nitrogen and oxygen atoms in total. The predicted molar refractivity (Wildman–Crippen MR) is 86.2 cm³/mol. The number of methoxy groups -OCH3 is 2. The van der Waals surface area contributed by atoms with Crippen molar-refractivity contribution >= 4 is 5.91 Å². The summed E-state index contributed by atoms with van der Waals surface area (Å²) in [5.41, 5.74) is 0.933. The fourth-order valence-electron chi connectivity index (χ4n) is 1.89. The Labute approximate surface area is 131 Å². The topological polar surface area (TPSA) is 67.8 Å². The van der Waals surface area contributed by atoms with Crippen molar-refractivity contribution in [2.45, 2.75) is 19.4 Å². The van der Waals surface area contributed by atoms with Gasteiger partial charge in [0.2, 0.25) is 5.91 Å². The third kappa shape index (κ3) is 6.01. The predicted octanol–water partition coefficient (Wildman–Crippen LogP) is 1.86. The van der Waals surface area contributed by atoms with Crippen LogP contribution in [0.3, 0.4) is 0 Å². The summed E-state index contributed by atoms with van der Waals surface area (Å²) in [4.78, 5) is 11.2. The van der Waals surface area contributed by atoms with Gasteiger partial charge in [-0.2, -0.15) is 0 Å². The first-order chi connectivity index (χ1) is 10.6. The Hall–Kier alpha value is -2.27. The summed E-state index contributed by atoms with van der Waals surface area (Å²) in [5, 5.41) is 12.6. The van der Waals surface area contributed by atoms with Gasteiger partial charge in [-0.25, -0.2) is 0 Å². The minimum atomic E-state index is -0.642. The molecule has 1 unspecified atom stereocenters. The van der Waals surface area contributed by atoms with Crippen molar-refractivity contribution in [1.29, 1.82) is 0 Å². The Kier molecular flexibility index (Phi) is 7.78. The van der Waals surface area contributed by atoms with E-state index >= 15 is 0 Å². The molecular weight excluding hydrogens is 282 g/mol. The van der Waals surface area contributed by atoms with Crippen LogP contribution in [0.1, 0.15) is 12.5 Å². The fourth-order valence-corrected chi connectivity index (χ4v) is 1.89. The van der Waals surface area contributed by atoms with Crippen LogP contribution in [0.2, 0.25) is 0 Å². The van der Waals surface area contributed by atoms with Crippen molar-refractivity contribution < 1.29 is 19.4 Å². The average Bonchev–Trinajstić information content (AvgIpc) is 2.51. The van der Waals surface area contributed by atoms with E-state index in [4.69, 9.17) is 9.47 Å².